The summed E-state index contributed by atoms with van der Waals surface area (Å²) < 4.78 is 1.02. The molecule has 0 fully saturated rings. The van der Waals surface area contributed by atoms with Gasteiger partial charge in [-0.25, -0.2) is 4.68 Å². The molecule has 0 unspecified atom stereocenters. The van der Waals surface area contributed by atoms with Crippen molar-refractivity contribution in [3.63, 3.8) is 0 Å². The summed E-state index contributed by atoms with van der Waals surface area (Å²) in [5.74, 6) is -0.339. The lowest BCUT2D eigenvalue weighted by atomic mass is 10.1. The quantitative estimate of drug-likeness (QED) is 0.691. The van der Waals surface area contributed by atoms with E-state index in [4.69, 9.17) is 23.2 Å². The molecule has 3 aromatic rings. The fraction of sp³-hybridized carbons (Fsp3) is 0.0667. The Morgan fingerprint density at radius 2 is 1.91 bits per heavy atom. The van der Waals surface area contributed by atoms with E-state index in [1.165, 1.54) is 12.1 Å². The predicted molar refractivity (Wildman–Crippen MR) is 84.6 cm³/mol. The van der Waals surface area contributed by atoms with Crippen LogP contribution in [0.3, 0.4) is 0 Å². The number of fused-ring (bicyclic) bond motifs is 1. The zero-order valence-electron chi connectivity index (χ0n) is 11.2. The van der Waals surface area contributed by atoms with Crippen molar-refractivity contribution in [2.24, 2.45) is 0 Å². The minimum Gasteiger partial charge on any atom is -0.292 e. The van der Waals surface area contributed by atoms with Crippen LogP contribution in [0.15, 0.2) is 47.3 Å². The number of hydrogen-bond donors (Lipinski definition) is 0. The molecule has 22 heavy (non-hydrogen) atoms. The Hall–Kier alpha value is -2.24. The van der Waals surface area contributed by atoms with Gasteiger partial charge in [0.2, 0.25) is 0 Å². The number of carbonyl (C=O) groups excluding carboxylic acids is 1. The third-order valence-corrected chi connectivity index (χ3v) is 3.70. The normalized spacial score (nSPS) is 10.8. The summed E-state index contributed by atoms with van der Waals surface area (Å²) in [5.41, 5.74) is 0.401. The van der Waals surface area contributed by atoms with E-state index in [0.717, 1.165) is 4.68 Å². The SMILES string of the molecule is O=C(Cn1nnc2ccccc2c1=O)c1ccc(Cl)cc1Cl. The average Bonchev–Trinajstić information content (AvgIpc) is 2.50. The van der Waals surface area contributed by atoms with Crippen LogP contribution in [0.5, 0.6) is 0 Å². The van der Waals surface area contributed by atoms with Gasteiger partial charge < -0.3 is 0 Å². The summed E-state index contributed by atoms with van der Waals surface area (Å²) >= 11 is 11.8. The van der Waals surface area contributed by atoms with Crippen LogP contribution in [0, 0.1) is 0 Å². The molecule has 0 atom stereocenters. The van der Waals surface area contributed by atoms with Crippen molar-refractivity contribution in [2.75, 3.05) is 0 Å². The summed E-state index contributed by atoms with van der Waals surface area (Å²) in [4.78, 5) is 24.6. The fourth-order valence-electron chi connectivity index (χ4n) is 2.06. The molecule has 0 aliphatic heterocycles. The molecule has 5 nitrogen and oxygen atoms in total. The highest BCUT2D eigenvalue weighted by Gasteiger charge is 2.14. The van der Waals surface area contributed by atoms with E-state index in [-0.39, 0.29) is 28.5 Å². The number of ketones is 1. The van der Waals surface area contributed by atoms with Crippen LogP contribution in [-0.2, 0) is 6.54 Å². The number of nitrogens with zero attached hydrogens (tertiary/aromatic N) is 3. The number of benzene rings is 2. The molecular formula is C15H9Cl2N3O2. The van der Waals surface area contributed by atoms with Crippen LogP contribution in [0.2, 0.25) is 10.0 Å². The third-order valence-electron chi connectivity index (χ3n) is 3.15. The van der Waals surface area contributed by atoms with E-state index in [2.05, 4.69) is 10.3 Å². The molecule has 3 rings (SSSR count). The Balaban J connectivity index is 1.98. The molecule has 7 heteroatoms. The summed E-state index contributed by atoms with van der Waals surface area (Å²) in [5, 5.41) is 8.79. The molecule has 1 heterocycles. The Labute approximate surface area is 135 Å². The predicted octanol–water partition coefficient (Wildman–Crippen LogP) is 2.98. The van der Waals surface area contributed by atoms with Crippen molar-refractivity contribution < 1.29 is 4.79 Å². The Morgan fingerprint density at radius 3 is 2.68 bits per heavy atom. The minimum atomic E-state index is -0.371. The maximum absolute atomic E-state index is 12.3. The highest BCUT2D eigenvalue weighted by molar-refractivity contribution is 6.36. The molecule has 0 aliphatic carbocycles. The second-order valence-electron chi connectivity index (χ2n) is 4.62. The van der Waals surface area contributed by atoms with Crippen molar-refractivity contribution in [1.82, 2.24) is 15.0 Å². The van der Waals surface area contributed by atoms with Crippen molar-refractivity contribution in [1.29, 1.82) is 0 Å². The maximum Gasteiger partial charge on any atom is 0.278 e. The highest BCUT2D eigenvalue weighted by atomic mass is 35.5. The van der Waals surface area contributed by atoms with Gasteiger partial charge in [0.1, 0.15) is 12.1 Å². The zero-order valence-corrected chi connectivity index (χ0v) is 12.7. The molecule has 0 amide bonds. The Bertz CT molecular complexity index is 937. The second kappa shape index (κ2) is 5.87. The summed E-state index contributed by atoms with van der Waals surface area (Å²) in [6.07, 6.45) is 0. The molecule has 0 spiro atoms. The van der Waals surface area contributed by atoms with Gasteiger partial charge in [0.15, 0.2) is 5.78 Å². The standard InChI is InChI=1S/C15H9Cl2N3O2/c16-9-5-6-10(12(17)7-9)14(21)8-20-15(22)11-3-1-2-4-13(11)18-19-20/h1-7H,8H2. The lowest BCUT2D eigenvalue weighted by Gasteiger charge is -2.06. The first-order chi connectivity index (χ1) is 10.6. The van der Waals surface area contributed by atoms with Crippen LogP contribution in [-0.4, -0.2) is 20.8 Å². The van der Waals surface area contributed by atoms with Crippen LogP contribution in [0.25, 0.3) is 10.9 Å². The van der Waals surface area contributed by atoms with Crippen LogP contribution in [0.4, 0.5) is 0 Å². The largest absolute Gasteiger partial charge is 0.292 e. The Morgan fingerprint density at radius 1 is 1.14 bits per heavy atom. The highest BCUT2D eigenvalue weighted by Crippen LogP contribution is 2.21. The van der Waals surface area contributed by atoms with E-state index in [1.807, 2.05) is 0 Å². The van der Waals surface area contributed by atoms with Gasteiger partial charge in [-0.15, -0.1) is 5.10 Å². The lowest BCUT2D eigenvalue weighted by Crippen LogP contribution is -2.28. The third kappa shape index (κ3) is 2.73. The van der Waals surface area contributed by atoms with Gasteiger partial charge in [-0.2, -0.15) is 0 Å². The van der Waals surface area contributed by atoms with Crippen molar-refractivity contribution in [2.45, 2.75) is 6.54 Å². The molecule has 1 aromatic heterocycles. The van der Waals surface area contributed by atoms with E-state index < -0.39 is 0 Å². The maximum atomic E-state index is 12.3. The molecule has 0 N–H and O–H groups in total. The summed E-state index contributed by atoms with van der Waals surface area (Å²) in [6.45, 7) is -0.238. The van der Waals surface area contributed by atoms with Crippen LogP contribution < -0.4 is 5.56 Å². The van der Waals surface area contributed by atoms with E-state index in [0.29, 0.717) is 15.9 Å². The smallest absolute Gasteiger partial charge is 0.278 e. The topological polar surface area (TPSA) is 64.8 Å². The number of aromatic nitrogens is 3. The number of carbonyl (C=O) groups is 1. The van der Waals surface area contributed by atoms with Crippen LogP contribution in [0.1, 0.15) is 10.4 Å². The molecule has 0 radical (unpaired) electrons. The molecule has 0 saturated carbocycles. The molecule has 0 aliphatic rings. The number of halogens is 2. The van der Waals surface area contributed by atoms with Gasteiger partial charge in [-0.05, 0) is 30.3 Å². The molecular weight excluding hydrogens is 325 g/mol. The minimum absolute atomic E-state index is 0.235. The van der Waals surface area contributed by atoms with Gasteiger partial charge in [0.05, 0.1) is 10.4 Å². The summed E-state index contributed by atoms with van der Waals surface area (Å²) in [7, 11) is 0. The fourth-order valence-corrected chi connectivity index (χ4v) is 2.58. The first kappa shape index (κ1) is 14.7. The van der Waals surface area contributed by atoms with Crippen molar-refractivity contribution >= 4 is 39.9 Å². The average molecular weight is 334 g/mol. The lowest BCUT2D eigenvalue weighted by molar-refractivity contribution is 0.0965. The van der Waals surface area contributed by atoms with Gasteiger partial charge >= 0.3 is 0 Å². The van der Waals surface area contributed by atoms with Crippen LogP contribution >= 0.6 is 23.2 Å². The molecule has 2 aromatic carbocycles. The number of hydrogen-bond acceptors (Lipinski definition) is 4. The Kier molecular flexibility index (Phi) is 3.92. The van der Waals surface area contributed by atoms with Gasteiger partial charge in [0, 0.05) is 10.6 Å². The van der Waals surface area contributed by atoms with Crippen molar-refractivity contribution in [3.8, 4) is 0 Å². The van der Waals surface area contributed by atoms with Crippen molar-refractivity contribution in [3.05, 3.63) is 68.4 Å². The van der Waals surface area contributed by atoms with Gasteiger partial charge in [-0.1, -0.05) is 40.5 Å². The van der Waals surface area contributed by atoms with E-state index in [9.17, 15) is 9.59 Å². The second-order valence-corrected chi connectivity index (χ2v) is 5.46. The van der Waals surface area contributed by atoms with Gasteiger partial charge in [0.25, 0.3) is 5.56 Å². The summed E-state index contributed by atoms with van der Waals surface area (Å²) in [6, 6.07) is 11.4. The number of Topliss-reactive ketones (excluding diaryl/α,β-unsaturated/α-hetero) is 1. The zero-order chi connectivity index (χ0) is 15.7. The molecule has 110 valence electrons. The monoisotopic (exact) mass is 333 g/mol. The molecule has 0 bridgehead atoms. The molecule has 0 saturated heterocycles. The van der Waals surface area contributed by atoms with E-state index in [1.54, 1.807) is 30.3 Å². The van der Waals surface area contributed by atoms with E-state index >= 15 is 0 Å². The number of rotatable bonds is 3. The van der Waals surface area contributed by atoms with Gasteiger partial charge in [-0.3, -0.25) is 9.59 Å². The first-order valence-corrected chi connectivity index (χ1v) is 7.12. The first-order valence-electron chi connectivity index (χ1n) is 6.37.